The quantitative estimate of drug-likeness (QED) is 0.189. The van der Waals surface area contributed by atoms with Crippen LogP contribution in [0.1, 0.15) is 141 Å². The van der Waals surface area contributed by atoms with Crippen molar-refractivity contribution in [3.05, 3.63) is 24.3 Å². The van der Waals surface area contributed by atoms with Crippen molar-refractivity contribution >= 4 is 35.1 Å². The van der Waals surface area contributed by atoms with E-state index in [2.05, 4.69) is 15.3 Å². The first-order valence-electron chi connectivity index (χ1n) is 19.9. The minimum atomic E-state index is -0.972. The van der Waals surface area contributed by atoms with Gasteiger partial charge >= 0.3 is 5.97 Å². The fraction of sp³-hybridized carbons (Fsp3) is 0.756. The molecule has 3 aliphatic carbocycles. The summed E-state index contributed by atoms with van der Waals surface area (Å²) in [6, 6.07) is -1.41. The summed E-state index contributed by atoms with van der Waals surface area (Å²) in [5.74, 6) is -2.26. The molecule has 4 fully saturated rings. The number of carbonyl (C=O) groups is 6. The number of nitrogens with zero attached hydrogens (tertiary/aromatic N) is 3. The van der Waals surface area contributed by atoms with Crippen molar-refractivity contribution < 1.29 is 33.5 Å². The van der Waals surface area contributed by atoms with Crippen molar-refractivity contribution in [2.24, 2.45) is 40.9 Å². The number of hydrogen-bond acceptors (Lipinski definition) is 9. The highest BCUT2D eigenvalue weighted by Crippen LogP contribution is 2.45. The summed E-state index contributed by atoms with van der Waals surface area (Å²) in [4.78, 5) is 92.5. The highest BCUT2D eigenvalue weighted by molar-refractivity contribution is 5.98. The molecule has 0 aromatic carbocycles. The fourth-order valence-electron chi connectivity index (χ4n) is 9.23. The molecule has 2 heterocycles. The van der Waals surface area contributed by atoms with E-state index in [1.54, 1.807) is 4.90 Å². The van der Waals surface area contributed by atoms with Crippen LogP contribution in [-0.2, 0) is 28.7 Å². The third-order valence-electron chi connectivity index (χ3n) is 12.2. The Balaban J connectivity index is 1.38. The Labute approximate surface area is 309 Å². The van der Waals surface area contributed by atoms with Crippen LogP contribution < -0.4 is 5.32 Å². The van der Waals surface area contributed by atoms with Crippen LogP contribution in [0.4, 0.5) is 0 Å². The normalized spacial score (nSPS) is 24.3. The third kappa shape index (κ3) is 9.92. The molecule has 1 saturated heterocycles. The van der Waals surface area contributed by atoms with Gasteiger partial charge in [-0.3, -0.25) is 33.8 Å². The molecule has 11 heteroatoms. The maximum absolute atomic E-state index is 14.8. The predicted octanol–water partition coefficient (Wildman–Crippen LogP) is 6.08. The minimum absolute atomic E-state index is 0.0191. The number of hydrogen-bond donors (Lipinski definition) is 1. The first-order valence-corrected chi connectivity index (χ1v) is 19.9. The molecule has 4 aliphatic rings. The molecule has 3 saturated carbocycles. The molecule has 1 unspecified atom stereocenters. The molecule has 0 spiro atoms. The summed E-state index contributed by atoms with van der Waals surface area (Å²) in [6.45, 7) is 9.62. The topological polar surface area (TPSA) is 153 Å². The van der Waals surface area contributed by atoms with E-state index in [0.29, 0.717) is 25.3 Å². The van der Waals surface area contributed by atoms with Gasteiger partial charge in [-0.15, -0.1) is 0 Å². The van der Waals surface area contributed by atoms with Crippen molar-refractivity contribution in [3.8, 4) is 0 Å². The summed E-state index contributed by atoms with van der Waals surface area (Å²) in [5, 5.41) is 2.98. The fourth-order valence-corrected chi connectivity index (χ4v) is 9.23. The van der Waals surface area contributed by atoms with Crippen LogP contribution >= 0.6 is 0 Å². The number of fused-ring (bicyclic) bond motifs is 1. The molecule has 2 amide bonds. The van der Waals surface area contributed by atoms with Gasteiger partial charge in [-0.1, -0.05) is 59.8 Å². The Morgan fingerprint density at radius 3 is 2.27 bits per heavy atom. The molecule has 11 nitrogen and oxygen atoms in total. The Bertz CT molecular complexity index is 1450. The maximum atomic E-state index is 14.8. The zero-order valence-electron chi connectivity index (χ0n) is 31.9. The number of aromatic nitrogens is 2. The van der Waals surface area contributed by atoms with Gasteiger partial charge in [-0.2, -0.15) is 0 Å². The molecule has 1 N–H and O–H groups in total. The van der Waals surface area contributed by atoms with Crippen molar-refractivity contribution in [2.45, 2.75) is 149 Å². The van der Waals surface area contributed by atoms with Crippen molar-refractivity contribution in [3.63, 3.8) is 0 Å². The number of likely N-dealkylation sites (tertiary alicyclic amines) is 1. The Hall–Kier alpha value is -3.50. The first kappa shape index (κ1) is 39.7. The van der Waals surface area contributed by atoms with Crippen LogP contribution in [0.15, 0.2) is 18.6 Å². The van der Waals surface area contributed by atoms with E-state index in [9.17, 15) is 28.8 Å². The van der Waals surface area contributed by atoms with E-state index in [1.807, 2.05) is 27.7 Å². The van der Waals surface area contributed by atoms with Gasteiger partial charge in [0.25, 0.3) is 5.91 Å². The molecule has 52 heavy (non-hydrogen) atoms. The SMILES string of the molecule is CCC[C@H](CC(=O)[C@@H]1[C@H]2CCC[C@H]2CN1C(=O)[C@@H](CC(=O)[C@@H](NC(=O)c1cnccn1)C1CCCCC1)C(C)(C)C)C(OC(C)=O)C(=O)CC1CC1. The highest BCUT2D eigenvalue weighted by atomic mass is 16.5. The number of esters is 1. The lowest BCUT2D eigenvalue weighted by molar-refractivity contribution is -0.158. The molecule has 1 aromatic heterocycles. The van der Waals surface area contributed by atoms with Crippen molar-refractivity contribution in [2.75, 3.05) is 6.54 Å². The molecular weight excluding hydrogens is 660 g/mol. The summed E-state index contributed by atoms with van der Waals surface area (Å²) in [5.41, 5.74) is -0.471. The second-order valence-electron chi connectivity index (χ2n) is 17.2. The van der Waals surface area contributed by atoms with E-state index in [-0.39, 0.29) is 59.5 Å². The van der Waals surface area contributed by atoms with Crippen LogP contribution in [0.25, 0.3) is 0 Å². The average Bonchev–Trinajstić information content (AvgIpc) is 3.68. The molecule has 5 rings (SSSR count). The van der Waals surface area contributed by atoms with Gasteiger partial charge in [0.15, 0.2) is 23.5 Å². The minimum Gasteiger partial charge on any atom is -0.454 e. The lowest BCUT2D eigenvalue weighted by Gasteiger charge is -2.37. The standard InChI is InChI=1S/C41H60N4O7/c1-6-11-28(38(52-25(2)46)35(49)20-26-16-17-26)21-34(48)37-30-15-10-14-29(30)24-45(37)40(51)31(41(3,4)5)22-33(47)36(27-12-8-7-9-13-27)44-39(50)32-23-42-18-19-43-32/h18-19,23,26-31,36-38H,6-17,20-22,24H2,1-5H3,(H,44,50)/t28-,29+,30+,31-,36+,37+,38?/m1/s1. The Morgan fingerprint density at radius 1 is 0.923 bits per heavy atom. The molecule has 0 bridgehead atoms. The predicted molar refractivity (Wildman–Crippen MR) is 195 cm³/mol. The smallest absolute Gasteiger partial charge is 0.303 e. The third-order valence-corrected chi connectivity index (χ3v) is 12.2. The second kappa shape index (κ2) is 17.5. The van der Waals surface area contributed by atoms with E-state index in [0.717, 1.165) is 70.6 Å². The van der Waals surface area contributed by atoms with E-state index < -0.39 is 47.3 Å². The number of rotatable bonds is 17. The lowest BCUT2D eigenvalue weighted by Crippen LogP contribution is -2.52. The first-order chi connectivity index (χ1) is 24.8. The molecule has 0 radical (unpaired) electrons. The van der Waals surface area contributed by atoms with Gasteiger partial charge in [0, 0.05) is 57.0 Å². The monoisotopic (exact) mass is 720 g/mol. The Morgan fingerprint density at radius 2 is 1.65 bits per heavy atom. The second-order valence-corrected chi connectivity index (χ2v) is 17.2. The van der Waals surface area contributed by atoms with Crippen molar-refractivity contribution in [1.29, 1.82) is 0 Å². The zero-order chi connectivity index (χ0) is 37.6. The van der Waals surface area contributed by atoms with Crippen LogP contribution in [-0.4, -0.2) is 74.7 Å². The van der Waals surface area contributed by atoms with Gasteiger partial charge < -0.3 is 15.0 Å². The number of carbonyl (C=O) groups excluding carboxylic acids is 6. The molecular formula is C41H60N4O7. The van der Waals surface area contributed by atoms with Gasteiger partial charge in [0.1, 0.15) is 5.69 Å². The average molecular weight is 721 g/mol. The largest absolute Gasteiger partial charge is 0.454 e. The van der Waals surface area contributed by atoms with Gasteiger partial charge in [0.05, 0.1) is 18.3 Å². The van der Waals surface area contributed by atoms with Crippen LogP contribution in [0.2, 0.25) is 0 Å². The van der Waals surface area contributed by atoms with E-state index in [4.69, 9.17) is 4.74 Å². The number of amides is 2. The van der Waals surface area contributed by atoms with Crippen LogP contribution in [0.5, 0.6) is 0 Å². The maximum Gasteiger partial charge on any atom is 0.303 e. The molecule has 1 aromatic rings. The highest BCUT2D eigenvalue weighted by Gasteiger charge is 2.52. The Kier molecular flexibility index (Phi) is 13.4. The van der Waals surface area contributed by atoms with Gasteiger partial charge in [-0.25, -0.2) is 4.98 Å². The van der Waals surface area contributed by atoms with Crippen molar-refractivity contribution in [1.82, 2.24) is 20.2 Å². The molecule has 7 atom stereocenters. The number of ketones is 3. The summed E-state index contributed by atoms with van der Waals surface area (Å²) in [6.07, 6.45) is 14.4. The lowest BCUT2D eigenvalue weighted by atomic mass is 9.74. The van der Waals surface area contributed by atoms with Gasteiger partial charge in [0.2, 0.25) is 5.91 Å². The number of nitrogens with one attached hydrogen (secondary N) is 1. The molecule has 286 valence electrons. The summed E-state index contributed by atoms with van der Waals surface area (Å²) in [7, 11) is 0. The summed E-state index contributed by atoms with van der Waals surface area (Å²) >= 11 is 0. The number of Topliss-reactive ketones (excluding diaryl/α,β-unsaturated/α-hetero) is 3. The van der Waals surface area contributed by atoms with Crippen LogP contribution in [0, 0.1) is 40.9 Å². The molecule has 1 aliphatic heterocycles. The zero-order valence-corrected chi connectivity index (χ0v) is 31.9. The number of ether oxygens (including phenoxy) is 1. The van der Waals surface area contributed by atoms with Crippen LogP contribution in [0.3, 0.4) is 0 Å². The van der Waals surface area contributed by atoms with E-state index in [1.165, 1.54) is 25.5 Å². The summed E-state index contributed by atoms with van der Waals surface area (Å²) < 4.78 is 5.64. The van der Waals surface area contributed by atoms with E-state index >= 15 is 0 Å². The van der Waals surface area contributed by atoms with Gasteiger partial charge in [-0.05, 0) is 74.0 Å².